The van der Waals surface area contributed by atoms with Crippen LogP contribution in [-0.4, -0.2) is 17.0 Å². The first kappa shape index (κ1) is 14.1. The third-order valence-corrected chi connectivity index (χ3v) is 4.64. The van der Waals surface area contributed by atoms with E-state index in [1.165, 1.54) is 0 Å². The second-order valence-electron chi connectivity index (χ2n) is 5.69. The molecule has 1 fully saturated rings. The van der Waals surface area contributed by atoms with Gasteiger partial charge in [-0.25, -0.2) is 0 Å². The molecule has 0 radical (unpaired) electrons. The molecule has 2 N–H and O–H groups in total. The van der Waals surface area contributed by atoms with Crippen LogP contribution in [0.3, 0.4) is 0 Å². The summed E-state index contributed by atoms with van der Waals surface area (Å²) in [5.41, 5.74) is 0.904. The largest absolute Gasteiger partial charge is 0.481 e. The summed E-state index contributed by atoms with van der Waals surface area (Å²) >= 11 is 5.90. The summed E-state index contributed by atoms with van der Waals surface area (Å²) in [4.78, 5) is 23.8. The normalized spacial score (nSPS) is 29.6. The van der Waals surface area contributed by atoms with E-state index in [0.717, 1.165) is 12.0 Å². The highest BCUT2D eigenvalue weighted by Crippen LogP contribution is 2.48. The number of aliphatic carboxylic acids is 1. The molecule has 1 aromatic rings. The molecular formula is C16H16ClNO3. The number of rotatable bonds is 4. The van der Waals surface area contributed by atoms with E-state index in [2.05, 4.69) is 5.32 Å². The lowest BCUT2D eigenvalue weighted by molar-refractivity contribution is -0.147. The van der Waals surface area contributed by atoms with Crippen LogP contribution in [0.2, 0.25) is 5.02 Å². The van der Waals surface area contributed by atoms with Gasteiger partial charge in [0.05, 0.1) is 11.8 Å². The zero-order valence-corrected chi connectivity index (χ0v) is 12.1. The third kappa shape index (κ3) is 2.68. The molecule has 4 atom stereocenters. The number of halogens is 1. The first-order valence-electron chi connectivity index (χ1n) is 6.99. The molecule has 3 rings (SSSR count). The van der Waals surface area contributed by atoms with Crippen LogP contribution in [0.5, 0.6) is 0 Å². The van der Waals surface area contributed by atoms with Crippen LogP contribution in [0.4, 0.5) is 0 Å². The van der Waals surface area contributed by atoms with Crippen LogP contribution in [0.1, 0.15) is 12.0 Å². The fourth-order valence-corrected chi connectivity index (χ4v) is 3.68. The van der Waals surface area contributed by atoms with Crippen molar-refractivity contribution >= 4 is 23.5 Å². The Morgan fingerprint density at radius 3 is 2.62 bits per heavy atom. The quantitative estimate of drug-likeness (QED) is 0.840. The van der Waals surface area contributed by atoms with E-state index in [9.17, 15) is 14.7 Å². The lowest BCUT2D eigenvalue weighted by atomic mass is 9.82. The SMILES string of the molecule is O=C(O)[C@@H]1C2C=CC(C2)[C@@H]1C(=O)NCc1cccc(Cl)c1. The molecule has 4 nitrogen and oxygen atoms in total. The number of carbonyl (C=O) groups is 2. The van der Waals surface area contributed by atoms with Crippen molar-refractivity contribution in [2.75, 3.05) is 0 Å². The summed E-state index contributed by atoms with van der Waals surface area (Å²) in [5.74, 6) is -2.07. The highest BCUT2D eigenvalue weighted by atomic mass is 35.5. The highest BCUT2D eigenvalue weighted by molar-refractivity contribution is 6.30. The predicted molar refractivity (Wildman–Crippen MR) is 78.7 cm³/mol. The maximum absolute atomic E-state index is 12.4. The van der Waals surface area contributed by atoms with Gasteiger partial charge in [-0.05, 0) is 36.0 Å². The van der Waals surface area contributed by atoms with Crippen molar-refractivity contribution in [1.29, 1.82) is 0 Å². The van der Waals surface area contributed by atoms with Crippen LogP contribution in [0.15, 0.2) is 36.4 Å². The molecule has 0 aromatic heterocycles. The van der Waals surface area contributed by atoms with Gasteiger partial charge in [-0.1, -0.05) is 35.9 Å². The van der Waals surface area contributed by atoms with E-state index < -0.39 is 17.8 Å². The lowest BCUT2D eigenvalue weighted by Gasteiger charge is -2.23. The van der Waals surface area contributed by atoms with Gasteiger partial charge < -0.3 is 10.4 Å². The zero-order chi connectivity index (χ0) is 15.0. The Morgan fingerprint density at radius 1 is 1.24 bits per heavy atom. The van der Waals surface area contributed by atoms with Crippen molar-refractivity contribution in [3.05, 3.63) is 47.0 Å². The first-order valence-corrected chi connectivity index (χ1v) is 7.37. The molecule has 110 valence electrons. The van der Waals surface area contributed by atoms with Gasteiger partial charge in [0.15, 0.2) is 0 Å². The maximum Gasteiger partial charge on any atom is 0.307 e. The Hall–Kier alpha value is -1.81. The summed E-state index contributed by atoms with van der Waals surface area (Å²) in [6.07, 6.45) is 4.68. The van der Waals surface area contributed by atoms with Gasteiger partial charge in [-0.15, -0.1) is 0 Å². The number of nitrogens with one attached hydrogen (secondary N) is 1. The molecule has 2 aliphatic carbocycles. The van der Waals surface area contributed by atoms with Crippen molar-refractivity contribution in [3.63, 3.8) is 0 Å². The monoisotopic (exact) mass is 305 g/mol. The molecule has 0 heterocycles. The summed E-state index contributed by atoms with van der Waals surface area (Å²) < 4.78 is 0. The Morgan fingerprint density at radius 2 is 1.95 bits per heavy atom. The predicted octanol–water partition coefficient (Wildman–Crippen LogP) is 2.48. The van der Waals surface area contributed by atoms with E-state index in [0.29, 0.717) is 11.6 Å². The molecule has 1 aromatic carbocycles. The fraction of sp³-hybridized carbons (Fsp3) is 0.375. The smallest absolute Gasteiger partial charge is 0.307 e. The van der Waals surface area contributed by atoms with E-state index in [1.54, 1.807) is 12.1 Å². The van der Waals surface area contributed by atoms with Crippen molar-refractivity contribution in [2.24, 2.45) is 23.7 Å². The van der Waals surface area contributed by atoms with Gasteiger partial charge >= 0.3 is 5.97 Å². The van der Waals surface area contributed by atoms with Gasteiger partial charge in [-0.2, -0.15) is 0 Å². The average Bonchev–Trinajstić information content (AvgIpc) is 3.05. The second-order valence-corrected chi connectivity index (χ2v) is 6.12. The molecular weight excluding hydrogens is 290 g/mol. The summed E-state index contributed by atoms with van der Waals surface area (Å²) in [6, 6.07) is 7.26. The zero-order valence-electron chi connectivity index (χ0n) is 11.3. The van der Waals surface area contributed by atoms with Crippen LogP contribution >= 0.6 is 11.6 Å². The minimum atomic E-state index is -0.880. The number of hydrogen-bond donors (Lipinski definition) is 2. The van der Waals surface area contributed by atoms with Crippen LogP contribution < -0.4 is 5.32 Å². The summed E-state index contributed by atoms with van der Waals surface area (Å²) in [7, 11) is 0. The summed E-state index contributed by atoms with van der Waals surface area (Å²) in [5, 5.41) is 12.8. The second kappa shape index (κ2) is 5.53. The van der Waals surface area contributed by atoms with Crippen LogP contribution in [-0.2, 0) is 16.1 Å². The molecule has 2 unspecified atom stereocenters. The van der Waals surface area contributed by atoms with Crippen LogP contribution in [0.25, 0.3) is 0 Å². The minimum absolute atomic E-state index is 0.00517. The van der Waals surface area contributed by atoms with E-state index in [4.69, 9.17) is 11.6 Å². The van der Waals surface area contributed by atoms with Crippen molar-refractivity contribution in [3.8, 4) is 0 Å². The number of benzene rings is 1. The van der Waals surface area contributed by atoms with Gasteiger partial charge in [0, 0.05) is 11.6 Å². The van der Waals surface area contributed by atoms with E-state index >= 15 is 0 Å². The van der Waals surface area contributed by atoms with Crippen molar-refractivity contribution < 1.29 is 14.7 Å². The molecule has 0 spiro atoms. The Bertz CT molecular complexity index is 613. The number of carboxylic acid groups (broad SMARTS) is 1. The van der Waals surface area contributed by atoms with E-state index in [-0.39, 0.29) is 17.7 Å². The topological polar surface area (TPSA) is 66.4 Å². The molecule has 0 aliphatic heterocycles. The van der Waals surface area contributed by atoms with Gasteiger partial charge in [0.1, 0.15) is 0 Å². The number of amides is 1. The maximum atomic E-state index is 12.4. The number of fused-ring (bicyclic) bond motifs is 2. The first-order chi connectivity index (χ1) is 10.1. The van der Waals surface area contributed by atoms with E-state index in [1.807, 2.05) is 24.3 Å². The highest BCUT2D eigenvalue weighted by Gasteiger charge is 2.51. The average molecular weight is 306 g/mol. The van der Waals surface area contributed by atoms with Gasteiger partial charge in [0.25, 0.3) is 0 Å². The number of allylic oxidation sites excluding steroid dienone is 2. The van der Waals surface area contributed by atoms with Gasteiger partial charge in [-0.3, -0.25) is 9.59 Å². The molecule has 2 bridgehead atoms. The Balaban J connectivity index is 1.68. The lowest BCUT2D eigenvalue weighted by Crippen LogP contribution is -2.39. The van der Waals surface area contributed by atoms with Crippen LogP contribution in [0, 0.1) is 23.7 Å². The molecule has 5 heteroatoms. The summed E-state index contributed by atoms with van der Waals surface area (Å²) in [6.45, 7) is 0.364. The number of hydrogen-bond acceptors (Lipinski definition) is 2. The van der Waals surface area contributed by atoms with Crippen molar-refractivity contribution in [1.82, 2.24) is 5.32 Å². The molecule has 21 heavy (non-hydrogen) atoms. The molecule has 0 saturated heterocycles. The molecule has 2 aliphatic rings. The number of carbonyl (C=O) groups excluding carboxylic acids is 1. The standard InChI is InChI=1S/C16H16ClNO3/c17-12-3-1-2-9(6-12)8-18-15(19)13-10-4-5-11(7-10)14(13)16(20)21/h1-6,10-11,13-14H,7-8H2,(H,18,19)(H,20,21)/t10?,11?,13-,14+/m0/s1. The number of carboxylic acids is 1. The Kier molecular flexibility index (Phi) is 3.72. The fourth-order valence-electron chi connectivity index (χ4n) is 3.47. The molecule has 1 amide bonds. The van der Waals surface area contributed by atoms with Gasteiger partial charge in [0.2, 0.25) is 5.91 Å². The minimum Gasteiger partial charge on any atom is -0.481 e. The molecule has 1 saturated carbocycles. The van der Waals surface area contributed by atoms with Crippen molar-refractivity contribution in [2.45, 2.75) is 13.0 Å². The Labute approximate surface area is 127 Å². The third-order valence-electron chi connectivity index (χ3n) is 4.40.